The molecule has 0 aliphatic rings. The predicted octanol–water partition coefficient (Wildman–Crippen LogP) is 1.30. The average Bonchev–Trinajstić information content (AvgIpc) is 2.34. The van der Waals surface area contributed by atoms with Crippen LogP contribution in [0.25, 0.3) is 0 Å². The van der Waals surface area contributed by atoms with Crippen LogP contribution in [0.4, 0.5) is 0 Å². The van der Waals surface area contributed by atoms with Gasteiger partial charge in [0.25, 0.3) is 0 Å². The highest BCUT2D eigenvalue weighted by Gasteiger charge is 1.98. The Balaban J connectivity index is 2.40. The monoisotopic (exact) mass is 235 g/mol. The van der Waals surface area contributed by atoms with E-state index in [0.717, 1.165) is 11.1 Å². The van der Waals surface area contributed by atoms with E-state index in [4.69, 9.17) is 10.2 Å². The molecule has 0 aliphatic carbocycles. The number of aliphatic hydroxyl groups is 1. The number of hydrogen-bond acceptors (Lipinski definition) is 3. The van der Waals surface area contributed by atoms with E-state index in [-0.39, 0.29) is 6.61 Å². The number of aliphatic carboxylic acids is 1. The van der Waals surface area contributed by atoms with Crippen molar-refractivity contribution in [3.05, 3.63) is 47.0 Å². The molecule has 0 fully saturated rings. The van der Waals surface area contributed by atoms with Gasteiger partial charge in [-0.2, -0.15) is 0 Å². The Hall–Kier alpha value is -1.65. The number of carboxylic acid groups (broad SMARTS) is 1. The summed E-state index contributed by atoms with van der Waals surface area (Å²) in [5.41, 5.74) is 2.28. The second-order valence-electron chi connectivity index (χ2n) is 3.80. The van der Waals surface area contributed by atoms with E-state index in [0.29, 0.717) is 18.7 Å². The molecule has 1 rings (SSSR count). The highest BCUT2D eigenvalue weighted by atomic mass is 16.4. The number of carboxylic acids is 1. The fraction of sp³-hybridized carbons (Fsp3) is 0.308. The van der Waals surface area contributed by atoms with Gasteiger partial charge in [-0.05, 0) is 18.1 Å². The number of benzene rings is 1. The van der Waals surface area contributed by atoms with Crippen molar-refractivity contribution in [2.45, 2.75) is 20.1 Å². The van der Waals surface area contributed by atoms with Gasteiger partial charge in [-0.3, -0.25) is 0 Å². The summed E-state index contributed by atoms with van der Waals surface area (Å²) in [5, 5.41) is 20.7. The van der Waals surface area contributed by atoms with Gasteiger partial charge in [-0.1, -0.05) is 30.3 Å². The van der Waals surface area contributed by atoms with Gasteiger partial charge >= 0.3 is 5.97 Å². The van der Waals surface area contributed by atoms with E-state index >= 15 is 0 Å². The molecule has 1 aromatic rings. The molecule has 0 spiro atoms. The molecule has 17 heavy (non-hydrogen) atoms. The molecule has 4 heteroatoms. The van der Waals surface area contributed by atoms with Crippen LogP contribution >= 0.6 is 0 Å². The summed E-state index contributed by atoms with van der Waals surface area (Å²) in [5.74, 6) is -0.894. The van der Waals surface area contributed by atoms with E-state index in [9.17, 15) is 4.79 Å². The van der Waals surface area contributed by atoms with Crippen molar-refractivity contribution in [1.82, 2.24) is 5.32 Å². The zero-order valence-corrected chi connectivity index (χ0v) is 9.81. The third-order valence-electron chi connectivity index (χ3n) is 2.39. The first-order chi connectivity index (χ1) is 8.13. The SMILES string of the molecule is C/C(=C/CNCc1cccc(CO)c1)C(=O)O. The van der Waals surface area contributed by atoms with Crippen molar-refractivity contribution < 1.29 is 15.0 Å². The molecular weight excluding hydrogens is 218 g/mol. The Bertz CT molecular complexity index is 413. The van der Waals surface area contributed by atoms with Gasteiger partial charge in [0, 0.05) is 18.7 Å². The fourth-order valence-corrected chi connectivity index (χ4v) is 1.37. The lowest BCUT2D eigenvalue weighted by Gasteiger charge is -2.04. The molecule has 3 N–H and O–H groups in total. The van der Waals surface area contributed by atoms with Crippen molar-refractivity contribution in [3.63, 3.8) is 0 Å². The summed E-state index contributed by atoms with van der Waals surface area (Å²) in [7, 11) is 0. The van der Waals surface area contributed by atoms with Gasteiger partial charge in [-0.15, -0.1) is 0 Å². The molecule has 0 radical (unpaired) electrons. The van der Waals surface area contributed by atoms with Crippen LogP contribution in [0.2, 0.25) is 0 Å². The fourth-order valence-electron chi connectivity index (χ4n) is 1.37. The number of aliphatic hydroxyl groups excluding tert-OH is 1. The molecule has 0 saturated carbocycles. The van der Waals surface area contributed by atoms with Crippen LogP contribution in [0.1, 0.15) is 18.1 Å². The predicted molar refractivity (Wildman–Crippen MR) is 65.5 cm³/mol. The third kappa shape index (κ3) is 4.80. The molecule has 1 aromatic carbocycles. The van der Waals surface area contributed by atoms with Gasteiger partial charge in [0.15, 0.2) is 0 Å². The van der Waals surface area contributed by atoms with E-state index < -0.39 is 5.97 Å². The minimum atomic E-state index is -0.894. The van der Waals surface area contributed by atoms with Crippen molar-refractivity contribution >= 4 is 5.97 Å². The number of carbonyl (C=O) groups is 1. The van der Waals surface area contributed by atoms with Gasteiger partial charge in [0.1, 0.15) is 0 Å². The second kappa shape index (κ2) is 6.83. The van der Waals surface area contributed by atoms with Crippen LogP contribution in [0.5, 0.6) is 0 Å². The molecule has 0 amide bonds. The number of hydrogen-bond donors (Lipinski definition) is 3. The maximum absolute atomic E-state index is 10.5. The number of rotatable bonds is 6. The van der Waals surface area contributed by atoms with Crippen molar-refractivity contribution in [2.75, 3.05) is 6.54 Å². The molecule has 92 valence electrons. The van der Waals surface area contributed by atoms with E-state index in [2.05, 4.69) is 5.32 Å². The van der Waals surface area contributed by atoms with Crippen LogP contribution in [-0.2, 0) is 17.9 Å². The maximum Gasteiger partial charge on any atom is 0.330 e. The summed E-state index contributed by atoms with van der Waals surface area (Å²) >= 11 is 0. The Morgan fingerprint density at radius 2 is 2.12 bits per heavy atom. The second-order valence-corrected chi connectivity index (χ2v) is 3.80. The largest absolute Gasteiger partial charge is 0.478 e. The first-order valence-electron chi connectivity index (χ1n) is 5.43. The van der Waals surface area contributed by atoms with Gasteiger partial charge in [0.05, 0.1) is 6.61 Å². The summed E-state index contributed by atoms with van der Waals surface area (Å²) in [6.07, 6.45) is 1.64. The molecule has 0 bridgehead atoms. The van der Waals surface area contributed by atoms with Crippen LogP contribution in [0, 0.1) is 0 Å². The lowest BCUT2D eigenvalue weighted by atomic mass is 10.1. The average molecular weight is 235 g/mol. The smallest absolute Gasteiger partial charge is 0.330 e. The Kier molecular flexibility index (Phi) is 5.39. The summed E-state index contributed by atoms with van der Waals surface area (Å²) < 4.78 is 0. The highest BCUT2D eigenvalue weighted by molar-refractivity contribution is 5.85. The van der Waals surface area contributed by atoms with Crippen LogP contribution in [0.15, 0.2) is 35.9 Å². The minimum Gasteiger partial charge on any atom is -0.478 e. The zero-order valence-electron chi connectivity index (χ0n) is 9.81. The first-order valence-corrected chi connectivity index (χ1v) is 5.43. The summed E-state index contributed by atoms with van der Waals surface area (Å²) in [4.78, 5) is 10.5. The lowest BCUT2D eigenvalue weighted by molar-refractivity contribution is -0.132. The Morgan fingerprint density at radius 1 is 1.41 bits per heavy atom. The molecule has 0 aliphatic heterocycles. The molecule has 0 aromatic heterocycles. The molecule has 0 unspecified atom stereocenters. The molecule has 0 heterocycles. The lowest BCUT2D eigenvalue weighted by Crippen LogP contribution is -2.14. The summed E-state index contributed by atoms with van der Waals surface area (Å²) in [6, 6.07) is 7.62. The minimum absolute atomic E-state index is 0.0336. The van der Waals surface area contributed by atoms with E-state index in [1.54, 1.807) is 13.0 Å². The molecular formula is C13H17NO3. The van der Waals surface area contributed by atoms with Gasteiger partial charge in [-0.25, -0.2) is 4.79 Å². The first kappa shape index (κ1) is 13.4. The quantitative estimate of drug-likeness (QED) is 0.513. The topological polar surface area (TPSA) is 69.6 Å². The van der Waals surface area contributed by atoms with Crippen molar-refractivity contribution in [3.8, 4) is 0 Å². The third-order valence-corrected chi connectivity index (χ3v) is 2.39. The highest BCUT2D eigenvalue weighted by Crippen LogP contribution is 2.04. The molecule has 0 atom stereocenters. The Morgan fingerprint density at radius 3 is 2.76 bits per heavy atom. The van der Waals surface area contributed by atoms with Crippen LogP contribution in [-0.4, -0.2) is 22.7 Å². The van der Waals surface area contributed by atoms with Crippen LogP contribution < -0.4 is 5.32 Å². The Labute approximate surface area is 101 Å². The van der Waals surface area contributed by atoms with E-state index in [1.807, 2.05) is 24.3 Å². The number of nitrogens with one attached hydrogen (secondary N) is 1. The standard InChI is InChI=1S/C13H17NO3/c1-10(13(16)17)5-6-14-8-11-3-2-4-12(7-11)9-15/h2-5,7,14-15H,6,8-9H2,1H3,(H,16,17)/b10-5-. The van der Waals surface area contributed by atoms with E-state index in [1.165, 1.54) is 0 Å². The van der Waals surface area contributed by atoms with Gasteiger partial charge in [0.2, 0.25) is 0 Å². The molecule has 0 saturated heterocycles. The van der Waals surface area contributed by atoms with Crippen molar-refractivity contribution in [2.24, 2.45) is 0 Å². The maximum atomic E-state index is 10.5. The normalized spacial score (nSPS) is 11.5. The summed E-state index contributed by atoms with van der Waals surface area (Å²) in [6.45, 7) is 2.76. The van der Waals surface area contributed by atoms with Gasteiger partial charge < -0.3 is 15.5 Å². The zero-order chi connectivity index (χ0) is 12.7. The van der Waals surface area contributed by atoms with Crippen LogP contribution in [0.3, 0.4) is 0 Å². The molecule has 4 nitrogen and oxygen atoms in total. The van der Waals surface area contributed by atoms with Crippen molar-refractivity contribution in [1.29, 1.82) is 0 Å².